The van der Waals surface area contributed by atoms with Gasteiger partial charge in [-0.05, 0) is 44.2 Å². The number of anilines is 1. The Balaban J connectivity index is 1.57. The Morgan fingerprint density at radius 2 is 1.80 bits per heavy atom. The van der Waals surface area contributed by atoms with Crippen LogP contribution in [0.1, 0.15) is 21.6 Å². The third-order valence-electron chi connectivity index (χ3n) is 4.52. The Morgan fingerprint density at radius 3 is 2.53 bits per heavy atom. The van der Waals surface area contributed by atoms with Gasteiger partial charge in [0.05, 0.1) is 23.1 Å². The molecule has 8 heteroatoms. The maximum Gasteiger partial charge on any atom is 0.264 e. The van der Waals surface area contributed by atoms with Gasteiger partial charge in [0.25, 0.3) is 11.5 Å². The number of carbonyl (C=O) groups is 1. The van der Waals surface area contributed by atoms with Gasteiger partial charge in [-0.3, -0.25) is 9.59 Å². The normalized spacial score (nSPS) is 10.6. The minimum Gasteiger partial charge on any atom is -0.455 e. The summed E-state index contributed by atoms with van der Waals surface area (Å²) in [5, 5.41) is 13.4. The van der Waals surface area contributed by atoms with Crippen molar-refractivity contribution in [3.8, 4) is 17.3 Å². The van der Waals surface area contributed by atoms with Crippen LogP contribution in [0.4, 0.5) is 5.69 Å². The van der Waals surface area contributed by atoms with Gasteiger partial charge in [-0.1, -0.05) is 29.8 Å². The first-order chi connectivity index (χ1) is 14.5. The number of H-pyrrole nitrogens is 1. The lowest BCUT2D eigenvalue weighted by atomic mass is 10.2. The van der Waals surface area contributed by atoms with Crippen LogP contribution < -0.4 is 15.6 Å². The molecule has 2 N–H and O–H groups in total. The van der Waals surface area contributed by atoms with Crippen LogP contribution in [0.2, 0.25) is 0 Å². The lowest BCUT2D eigenvalue weighted by Gasteiger charge is -2.12. The molecular weight excluding hydrogens is 382 g/mol. The number of aromatic nitrogens is 4. The average Bonchev–Trinajstić information content (AvgIpc) is 3.13. The van der Waals surface area contributed by atoms with E-state index in [1.165, 1.54) is 23.0 Å². The van der Waals surface area contributed by atoms with Crippen molar-refractivity contribution < 1.29 is 9.53 Å². The summed E-state index contributed by atoms with van der Waals surface area (Å²) >= 11 is 0. The third-order valence-corrected chi connectivity index (χ3v) is 4.52. The van der Waals surface area contributed by atoms with Crippen LogP contribution >= 0.6 is 0 Å². The molecule has 0 saturated carbocycles. The number of aryl methyl sites for hydroxylation is 1. The number of aromatic amines is 1. The predicted molar refractivity (Wildman–Crippen MR) is 112 cm³/mol. The zero-order chi connectivity index (χ0) is 21.1. The van der Waals surface area contributed by atoms with E-state index in [1.54, 1.807) is 19.1 Å². The largest absolute Gasteiger partial charge is 0.455 e. The number of nitrogens with one attached hydrogen (secondary N) is 2. The molecule has 2 aromatic carbocycles. The number of carbonyl (C=O) groups excluding carboxylic acids is 1. The minimum absolute atomic E-state index is 0.313. The molecule has 0 saturated heterocycles. The van der Waals surface area contributed by atoms with Crippen LogP contribution in [0.15, 0.2) is 71.7 Å². The van der Waals surface area contributed by atoms with Gasteiger partial charge in [0, 0.05) is 6.07 Å². The fourth-order valence-corrected chi connectivity index (χ4v) is 2.90. The average molecular weight is 401 g/mol. The summed E-state index contributed by atoms with van der Waals surface area (Å²) in [6, 6.07) is 17.8. The summed E-state index contributed by atoms with van der Waals surface area (Å²) in [6.07, 6.45) is 1.46. The number of hydrogen-bond acceptors (Lipinski definition) is 5. The second-order valence-corrected chi connectivity index (χ2v) is 6.70. The summed E-state index contributed by atoms with van der Waals surface area (Å²) in [6.45, 7) is 3.76. The van der Waals surface area contributed by atoms with Crippen LogP contribution in [0.5, 0.6) is 11.5 Å². The second-order valence-electron chi connectivity index (χ2n) is 6.70. The molecule has 0 aliphatic rings. The molecule has 0 unspecified atom stereocenters. The van der Waals surface area contributed by atoms with Crippen LogP contribution in [0.3, 0.4) is 0 Å². The van der Waals surface area contributed by atoms with Gasteiger partial charge in [0.2, 0.25) is 0 Å². The molecule has 4 rings (SSSR count). The van der Waals surface area contributed by atoms with Crippen molar-refractivity contribution in [1.82, 2.24) is 20.0 Å². The van der Waals surface area contributed by atoms with E-state index in [4.69, 9.17) is 4.74 Å². The lowest BCUT2D eigenvalue weighted by molar-refractivity contribution is 0.102. The van der Waals surface area contributed by atoms with Crippen molar-refractivity contribution >= 4 is 11.6 Å². The molecule has 0 aliphatic carbocycles. The molecule has 0 radical (unpaired) electrons. The zero-order valence-electron chi connectivity index (χ0n) is 16.4. The van der Waals surface area contributed by atoms with E-state index in [0.29, 0.717) is 34.3 Å². The quantitative estimate of drug-likeness (QED) is 0.532. The van der Waals surface area contributed by atoms with Gasteiger partial charge in [0.1, 0.15) is 5.75 Å². The highest BCUT2D eigenvalue weighted by molar-refractivity contribution is 6.05. The van der Waals surface area contributed by atoms with E-state index in [2.05, 4.69) is 20.6 Å². The summed E-state index contributed by atoms with van der Waals surface area (Å²) in [5.41, 5.74) is 2.33. The Hall–Kier alpha value is -4.20. The molecule has 0 spiro atoms. The van der Waals surface area contributed by atoms with Crippen LogP contribution in [-0.2, 0) is 0 Å². The molecule has 150 valence electrons. The molecule has 0 fully saturated rings. The number of hydrogen-bond donors (Lipinski definition) is 2. The van der Waals surface area contributed by atoms with Crippen molar-refractivity contribution in [3.05, 3.63) is 94.0 Å². The highest BCUT2D eigenvalue weighted by Crippen LogP contribution is 2.30. The van der Waals surface area contributed by atoms with Crippen molar-refractivity contribution in [2.45, 2.75) is 13.8 Å². The molecule has 1 amide bonds. The van der Waals surface area contributed by atoms with Gasteiger partial charge in [0.15, 0.2) is 11.6 Å². The zero-order valence-corrected chi connectivity index (χ0v) is 16.4. The highest BCUT2D eigenvalue weighted by atomic mass is 16.5. The smallest absolute Gasteiger partial charge is 0.264 e. The summed E-state index contributed by atoms with van der Waals surface area (Å²) < 4.78 is 7.42. The monoisotopic (exact) mass is 401 g/mol. The molecule has 4 aromatic rings. The Morgan fingerprint density at radius 1 is 1.03 bits per heavy atom. The van der Waals surface area contributed by atoms with Crippen molar-refractivity contribution in [2.75, 3.05) is 5.32 Å². The highest BCUT2D eigenvalue weighted by Gasteiger charge is 2.17. The standard InChI is InChI=1S/C22H19N5O3/c1-14-7-9-16(10-8-14)30-19-6-4-3-5-18(19)24-22(29)17-13-23-27(15(17)2)20-11-12-21(28)26-25-20/h3-13H,1-2H3,(H,24,29)(H,26,28). The summed E-state index contributed by atoms with van der Waals surface area (Å²) in [5.74, 6) is 1.29. The molecule has 0 bridgehead atoms. The van der Waals surface area contributed by atoms with E-state index in [0.717, 1.165) is 5.56 Å². The van der Waals surface area contributed by atoms with Crippen molar-refractivity contribution in [3.63, 3.8) is 0 Å². The van der Waals surface area contributed by atoms with Crippen molar-refractivity contribution in [1.29, 1.82) is 0 Å². The number of ether oxygens (including phenoxy) is 1. The topological polar surface area (TPSA) is 102 Å². The minimum atomic E-state index is -0.330. The number of rotatable bonds is 5. The van der Waals surface area contributed by atoms with E-state index in [9.17, 15) is 9.59 Å². The SMILES string of the molecule is Cc1ccc(Oc2ccccc2NC(=O)c2cnn(-c3ccc(=O)[nH]n3)c2C)cc1. The molecule has 30 heavy (non-hydrogen) atoms. The van der Waals surface area contributed by atoms with E-state index in [1.807, 2.05) is 43.3 Å². The number of amides is 1. The van der Waals surface area contributed by atoms with Gasteiger partial charge in [-0.15, -0.1) is 0 Å². The third kappa shape index (κ3) is 3.97. The number of benzene rings is 2. The molecule has 8 nitrogen and oxygen atoms in total. The Kier molecular flexibility index (Phi) is 5.13. The Labute approximate surface area is 172 Å². The number of nitrogens with zero attached hydrogens (tertiary/aromatic N) is 3. The first kappa shape index (κ1) is 19.1. The van der Waals surface area contributed by atoms with Gasteiger partial charge >= 0.3 is 0 Å². The van der Waals surface area contributed by atoms with Crippen molar-refractivity contribution in [2.24, 2.45) is 0 Å². The van der Waals surface area contributed by atoms with Crippen LogP contribution in [0, 0.1) is 13.8 Å². The van der Waals surface area contributed by atoms with Crippen LogP contribution in [-0.4, -0.2) is 25.9 Å². The van der Waals surface area contributed by atoms with E-state index >= 15 is 0 Å². The molecular formula is C22H19N5O3. The summed E-state index contributed by atoms with van der Waals surface area (Å²) in [4.78, 5) is 24.1. The van der Waals surface area contributed by atoms with E-state index < -0.39 is 0 Å². The summed E-state index contributed by atoms with van der Waals surface area (Å²) in [7, 11) is 0. The number of para-hydroxylation sites is 2. The van der Waals surface area contributed by atoms with E-state index in [-0.39, 0.29) is 11.5 Å². The molecule has 0 atom stereocenters. The van der Waals surface area contributed by atoms with Crippen LogP contribution in [0.25, 0.3) is 5.82 Å². The predicted octanol–water partition coefficient (Wildman–Crippen LogP) is 3.62. The van der Waals surface area contributed by atoms with Gasteiger partial charge < -0.3 is 10.1 Å². The van der Waals surface area contributed by atoms with Gasteiger partial charge in [-0.25, -0.2) is 9.78 Å². The first-order valence-electron chi connectivity index (χ1n) is 9.27. The second kappa shape index (κ2) is 8.04. The fourth-order valence-electron chi connectivity index (χ4n) is 2.90. The maximum atomic E-state index is 12.9. The molecule has 2 heterocycles. The first-order valence-corrected chi connectivity index (χ1v) is 9.27. The lowest BCUT2D eigenvalue weighted by Crippen LogP contribution is -2.14. The molecule has 0 aliphatic heterocycles. The Bertz CT molecular complexity index is 1240. The van der Waals surface area contributed by atoms with Gasteiger partial charge in [-0.2, -0.15) is 10.2 Å². The fraction of sp³-hybridized carbons (Fsp3) is 0.0909. The molecule has 2 aromatic heterocycles. The maximum absolute atomic E-state index is 12.9.